The minimum absolute atomic E-state index is 0.479. The van der Waals surface area contributed by atoms with Crippen molar-refractivity contribution in [3.63, 3.8) is 0 Å². The Morgan fingerprint density at radius 3 is 1.50 bits per heavy atom. The van der Waals surface area contributed by atoms with E-state index in [1.165, 1.54) is 12.8 Å². The maximum absolute atomic E-state index is 10.2. The van der Waals surface area contributed by atoms with Crippen LogP contribution < -0.4 is 0 Å². The summed E-state index contributed by atoms with van der Waals surface area (Å²) in [7, 11) is 0. The third-order valence-electron chi connectivity index (χ3n) is 3.38. The van der Waals surface area contributed by atoms with Crippen LogP contribution in [0.15, 0.2) is 0 Å². The summed E-state index contributed by atoms with van der Waals surface area (Å²) >= 11 is 0. The van der Waals surface area contributed by atoms with Crippen molar-refractivity contribution >= 4 is 0 Å². The quantitative estimate of drug-likeness (QED) is 0.416. The molecule has 0 aliphatic rings. The third-order valence-corrected chi connectivity index (χ3v) is 3.38. The molecule has 0 rings (SSSR count). The van der Waals surface area contributed by atoms with Crippen LogP contribution >= 0.6 is 0 Å². The molecule has 0 aliphatic heterocycles. The Morgan fingerprint density at radius 2 is 1.17 bits per heavy atom. The molecule has 0 amide bonds. The van der Waals surface area contributed by atoms with Gasteiger partial charge in [0.15, 0.2) is 0 Å². The van der Waals surface area contributed by atoms with Crippen LogP contribution in [0, 0.1) is 0 Å². The van der Waals surface area contributed by atoms with Crippen molar-refractivity contribution in [2.24, 2.45) is 0 Å². The van der Waals surface area contributed by atoms with E-state index in [4.69, 9.17) is 0 Å². The Bertz CT molecular complexity index is 160. The summed E-state index contributed by atoms with van der Waals surface area (Å²) in [5.74, 6) is 0. The Hall–Kier alpha value is -0.120. The number of aliphatic hydroxyl groups is 2. The summed E-state index contributed by atoms with van der Waals surface area (Å²) in [5.41, 5.74) is 0. The lowest BCUT2D eigenvalue weighted by Crippen LogP contribution is -2.43. The number of rotatable bonds is 12. The van der Waals surface area contributed by atoms with E-state index in [2.05, 4.69) is 20.8 Å². The number of unbranched alkanes of at least 4 members (excludes halogenated alkanes) is 4. The number of hydrogen-bond acceptors (Lipinski definition) is 3. The lowest BCUT2D eigenvalue weighted by atomic mass is 10.1. The molecule has 0 aromatic rings. The van der Waals surface area contributed by atoms with Gasteiger partial charge in [0.2, 0.25) is 0 Å². The molecule has 0 aromatic heterocycles. The van der Waals surface area contributed by atoms with E-state index in [1.807, 2.05) is 4.90 Å². The van der Waals surface area contributed by atoms with E-state index in [1.54, 1.807) is 0 Å². The molecule has 0 radical (unpaired) electrons. The van der Waals surface area contributed by atoms with Crippen LogP contribution in [0.1, 0.15) is 78.6 Å². The highest BCUT2D eigenvalue weighted by Gasteiger charge is 2.21. The van der Waals surface area contributed by atoms with Gasteiger partial charge in [-0.05, 0) is 32.1 Å². The summed E-state index contributed by atoms with van der Waals surface area (Å²) in [6.07, 6.45) is 8.29. The molecule has 0 aliphatic carbocycles. The van der Waals surface area contributed by atoms with Gasteiger partial charge in [0, 0.05) is 6.54 Å². The van der Waals surface area contributed by atoms with Crippen LogP contribution in [-0.4, -0.2) is 34.1 Å². The first-order valence-electron chi connectivity index (χ1n) is 7.79. The van der Waals surface area contributed by atoms with Gasteiger partial charge in [-0.15, -0.1) is 0 Å². The van der Waals surface area contributed by atoms with Gasteiger partial charge in [-0.3, -0.25) is 4.90 Å². The molecule has 2 atom stereocenters. The standard InChI is InChI=1S/C15H33NO2/c1-4-7-9-11-14(17)16(13-6-3)15(18)12-10-8-5-2/h14-15,17-18H,4-13H2,1-3H3. The fourth-order valence-electron chi connectivity index (χ4n) is 2.24. The van der Waals surface area contributed by atoms with Crippen molar-refractivity contribution in [2.75, 3.05) is 6.54 Å². The molecule has 0 bridgehead atoms. The normalized spacial score (nSPS) is 15.0. The Balaban J connectivity index is 4.07. The Labute approximate surface area is 113 Å². The molecule has 110 valence electrons. The van der Waals surface area contributed by atoms with E-state index in [9.17, 15) is 10.2 Å². The van der Waals surface area contributed by atoms with Gasteiger partial charge in [0.25, 0.3) is 0 Å². The van der Waals surface area contributed by atoms with Crippen molar-refractivity contribution < 1.29 is 10.2 Å². The van der Waals surface area contributed by atoms with Gasteiger partial charge in [0.1, 0.15) is 12.5 Å². The van der Waals surface area contributed by atoms with Crippen LogP contribution in [0.25, 0.3) is 0 Å². The summed E-state index contributed by atoms with van der Waals surface area (Å²) in [5, 5.41) is 20.3. The molecule has 0 heterocycles. The predicted molar refractivity (Wildman–Crippen MR) is 77.3 cm³/mol. The van der Waals surface area contributed by atoms with E-state index in [0.29, 0.717) is 0 Å². The van der Waals surface area contributed by atoms with Crippen LogP contribution in [0.3, 0.4) is 0 Å². The first kappa shape index (κ1) is 17.9. The molecule has 2 N–H and O–H groups in total. The van der Waals surface area contributed by atoms with Gasteiger partial charge in [-0.25, -0.2) is 0 Å². The summed E-state index contributed by atoms with van der Waals surface area (Å²) in [6, 6.07) is 0. The molecule has 18 heavy (non-hydrogen) atoms. The maximum atomic E-state index is 10.2. The maximum Gasteiger partial charge on any atom is 0.109 e. The smallest absolute Gasteiger partial charge is 0.109 e. The first-order valence-corrected chi connectivity index (χ1v) is 7.79. The Kier molecular flexibility index (Phi) is 11.9. The van der Waals surface area contributed by atoms with Crippen LogP contribution in [0.5, 0.6) is 0 Å². The molecule has 0 fully saturated rings. The molecule has 3 heteroatoms. The van der Waals surface area contributed by atoms with Crippen LogP contribution in [-0.2, 0) is 0 Å². The highest BCUT2D eigenvalue weighted by atomic mass is 16.3. The van der Waals surface area contributed by atoms with E-state index < -0.39 is 12.5 Å². The molecule has 0 aromatic carbocycles. The van der Waals surface area contributed by atoms with Crippen molar-refractivity contribution in [2.45, 2.75) is 91.0 Å². The van der Waals surface area contributed by atoms with Gasteiger partial charge in [0.05, 0.1) is 0 Å². The predicted octanol–water partition coefficient (Wildman–Crippen LogP) is 3.50. The van der Waals surface area contributed by atoms with Crippen LogP contribution in [0.4, 0.5) is 0 Å². The molecule has 2 unspecified atom stereocenters. The second-order valence-corrected chi connectivity index (χ2v) is 5.19. The van der Waals surface area contributed by atoms with E-state index in [0.717, 1.165) is 51.5 Å². The molecule has 0 saturated heterocycles. The zero-order valence-corrected chi connectivity index (χ0v) is 12.6. The number of hydrogen-bond donors (Lipinski definition) is 2. The van der Waals surface area contributed by atoms with E-state index >= 15 is 0 Å². The second-order valence-electron chi connectivity index (χ2n) is 5.19. The molecular formula is C15H33NO2. The SMILES string of the molecule is CCCCCC(O)N(CCC)C(O)CCCCC. The molecular weight excluding hydrogens is 226 g/mol. The number of aliphatic hydroxyl groups excluding tert-OH is 2. The lowest BCUT2D eigenvalue weighted by Gasteiger charge is -2.32. The molecule has 0 spiro atoms. The molecule has 3 nitrogen and oxygen atoms in total. The van der Waals surface area contributed by atoms with Gasteiger partial charge < -0.3 is 10.2 Å². The average Bonchev–Trinajstić information content (AvgIpc) is 2.36. The monoisotopic (exact) mass is 259 g/mol. The van der Waals surface area contributed by atoms with Crippen molar-refractivity contribution in [1.29, 1.82) is 0 Å². The van der Waals surface area contributed by atoms with Crippen molar-refractivity contribution in [3.05, 3.63) is 0 Å². The average molecular weight is 259 g/mol. The first-order chi connectivity index (χ1) is 8.67. The highest BCUT2D eigenvalue weighted by Crippen LogP contribution is 2.15. The zero-order valence-electron chi connectivity index (χ0n) is 12.6. The largest absolute Gasteiger partial charge is 0.378 e. The molecule has 0 saturated carbocycles. The summed E-state index contributed by atoms with van der Waals surface area (Å²) < 4.78 is 0. The summed E-state index contributed by atoms with van der Waals surface area (Å²) in [4.78, 5) is 1.87. The van der Waals surface area contributed by atoms with Gasteiger partial charge >= 0.3 is 0 Å². The van der Waals surface area contributed by atoms with E-state index in [-0.39, 0.29) is 0 Å². The van der Waals surface area contributed by atoms with Gasteiger partial charge in [-0.2, -0.15) is 0 Å². The van der Waals surface area contributed by atoms with Crippen molar-refractivity contribution in [3.8, 4) is 0 Å². The van der Waals surface area contributed by atoms with Crippen molar-refractivity contribution in [1.82, 2.24) is 4.90 Å². The van der Waals surface area contributed by atoms with Crippen LogP contribution in [0.2, 0.25) is 0 Å². The minimum atomic E-state index is -0.479. The fraction of sp³-hybridized carbons (Fsp3) is 1.00. The third kappa shape index (κ3) is 8.06. The topological polar surface area (TPSA) is 43.7 Å². The lowest BCUT2D eigenvalue weighted by molar-refractivity contribution is -0.108. The Morgan fingerprint density at radius 1 is 0.722 bits per heavy atom. The fourth-order valence-corrected chi connectivity index (χ4v) is 2.24. The highest BCUT2D eigenvalue weighted by molar-refractivity contribution is 4.66. The summed E-state index contributed by atoms with van der Waals surface area (Å²) in [6.45, 7) is 7.19. The van der Waals surface area contributed by atoms with Gasteiger partial charge in [-0.1, -0.05) is 46.5 Å². The minimum Gasteiger partial charge on any atom is -0.378 e. The zero-order chi connectivity index (χ0) is 13.8. The second kappa shape index (κ2) is 11.9. The number of nitrogens with zero attached hydrogens (tertiary/aromatic N) is 1.